The van der Waals surface area contributed by atoms with E-state index in [1.54, 1.807) is 0 Å². The Hall–Kier alpha value is -1.60. The zero-order chi connectivity index (χ0) is 64.1. The Labute approximate surface area is 496 Å². The molecule has 24 N–H and O–H groups in total. The Bertz CT molecular complexity index is 1700. The van der Waals surface area contributed by atoms with Gasteiger partial charge in [0.05, 0.1) is 52.9 Å². The zero-order valence-electron chi connectivity index (χ0n) is 46.0. The van der Waals surface area contributed by atoms with Crippen molar-refractivity contribution in [2.45, 2.75) is 246 Å². The molecule has 30 aliphatic rings. The van der Waals surface area contributed by atoms with Gasteiger partial charge in [-0.15, -0.1) is 0 Å². The molecule has 30 heterocycles. The summed E-state index contributed by atoms with van der Waals surface area (Å²) >= 11 is 0. The fraction of sp³-hybridized carbons (Fsp3) is 1.00. The molecule has 11 unspecified atom stereocenters. The molecule has 0 spiro atoms. The van der Waals surface area contributed by atoms with Crippen LogP contribution in [0, 0.1) is 0 Å². The van der Waals surface area contributed by atoms with Crippen LogP contribution in [0.3, 0.4) is 0 Å². The number of ether oxygens (including phenoxy) is 16. The molecule has 88 heavy (non-hydrogen) atoms. The van der Waals surface area contributed by atoms with Gasteiger partial charge in [-0.2, -0.15) is 0 Å². The highest BCUT2D eigenvalue weighted by Gasteiger charge is 2.60. The van der Waals surface area contributed by atoms with Gasteiger partial charge in [-0.1, -0.05) is 0 Å². The average molecular weight is 1300 g/mol. The molecule has 0 amide bonds. The van der Waals surface area contributed by atoms with Gasteiger partial charge in [-0.25, -0.2) is 0 Å². The Balaban J connectivity index is 0.975. The molecule has 0 saturated carbocycles. The van der Waals surface area contributed by atoms with Crippen molar-refractivity contribution in [1.29, 1.82) is 0 Å². The van der Waals surface area contributed by atoms with Gasteiger partial charge in [0, 0.05) is 0 Å². The maximum Gasteiger partial charge on any atom is 0.187 e. The van der Waals surface area contributed by atoms with Crippen LogP contribution in [0.15, 0.2) is 0 Å². The fourth-order valence-corrected chi connectivity index (χ4v) is 11.9. The summed E-state index contributed by atoms with van der Waals surface area (Å²) in [5, 5.41) is 265. The van der Waals surface area contributed by atoms with Gasteiger partial charge in [0.25, 0.3) is 0 Å². The van der Waals surface area contributed by atoms with Gasteiger partial charge < -0.3 is 198 Å². The lowest BCUT2D eigenvalue weighted by atomic mass is 9.94. The van der Waals surface area contributed by atoms with Gasteiger partial charge in [-0.3, -0.25) is 0 Å². The Morgan fingerprint density at radius 2 is 0.227 bits per heavy atom. The molecular formula is C48H80O40. The minimum Gasteiger partial charge on any atom is -0.394 e. The number of rotatable bonds is 8. The van der Waals surface area contributed by atoms with E-state index < -0.39 is 299 Å². The Kier molecular flexibility index (Phi) is 24.1. The number of hydrogen-bond donors (Lipinski definition) is 24. The topological polar surface area (TPSA) is 633 Å². The molecule has 16 bridgehead atoms. The smallest absolute Gasteiger partial charge is 0.187 e. The summed E-state index contributed by atoms with van der Waals surface area (Å²) in [6.07, 6.45) is -82.0. The van der Waals surface area contributed by atoms with E-state index in [9.17, 15) is 123 Å². The van der Waals surface area contributed by atoms with Crippen molar-refractivity contribution in [2.75, 3.05) is 52.9 Å². The predicted octanol–water partition coefficient (Wildman–Crippen LogP) is -17.4. The first kappa shape index (κ1) is 70.7. The number of aliphatic hydroxyl groups excluding tert-OH is 24. The van der Waals surface area contributed by atoms with Crippen LogP contribution >= 0.6 is 0 Å². The minimum absolute atomic E-state index is 1.08. The highest BCUT2D eigenvalue weighted by molar-refractivity contribution is 5.02. The first-order valence-corrected chi connectivity index (χ1v) is 28.1. The summed E-state index contributed by atoms with van der Waals surface area (Å²) in [4.78, 5) is 0. The molecule has 0 aliphatic carbocycles. The zero-order valence-corrected chi connectivity index (χ0v) is 46.0. The number of hydrogen-bond acceptors (Lipinski definition) is 40. The second-order valence-electron chi connectivity index (χ2n) is 22.5. The SMILES string of the molecule is OC[C@H]1OC2OC3[C@@H](CO)OC(OC4[C@@H](CO)OC(O[C@H]5[C@H](O)[C@@H](O)C(O[C@H]6[C@H](O)[C@@H](O)C(O[C@H]7[C@H](O)[C@@H](O)C(O[C@H]8[C@H](O)[C@@H](O)C(O[C@H]9[C@H](O)[C@@H](O)C(OC1[C@H](O)[C@H]2O)O[C@@H]9CO)O[C@@H]8CO)O[C@@H]7CO)O[C@@H]6CO)O[C@@H]5CO)[C@H](O)[C@H]4O)[C@H](O)[C@H]3O. The van der Waals surface area contributed by atoms with Crippen molar-refractivity contribution in [3.05, 3.63) is 0 Å². The van der Waals surface area contributed by atoms with E-state index in [0.717, 1.165) is 0 Å². The first-order chi connectivity index (χ1) is 41.9. The van der Waals surface area contributed by atoms with Crippen LogP contribution < -0.4 is 0 Å². The van der Waals surface area contributed by atoms with E-state index in [1.807, 2.05) is 0 Å². The molecule has 30 rings (SSSR count). The Morgan fingerprint density at radius 1 is 0.136 bits per heavy atom. The summed E-state index contributed by atoms with van der Waals surface area (Å²) in [7, 11) is 0. The van der Waals surface area contributed by atoms with Gasteiger partial charge in [0.15, 0.2) is 50.3 Å². The van der Waals surface area contributed by atoms with Gasteiger partial charge >= 0.3 is 0 Å². The molecule has 40 nitrogen and oxygen atoms in total. The number of aliphatic hydroxyl groups is 24. The van der Waals surface area contributed by atoms with Crippen LogP contribution in [-0.4, -0.2) is 421 Å². The Morgan fingerprint density at radius 3 is 0.307 bits per heavy atom. The van der Waals surface area contributed by atoms with Gasteiger partial charge in [0.1, 0.15) is 195 Å². The third kappa shape index (κ3) is 13.8. The van der Waals surface area contributed by atoms with Crippen molar-refractivity contribution < 1.29 is 198 Å². The predicted molar refractivity (Wildman–Crippen MR) is 261 cm³/mol. The second-order valence-corrected chi connectivity index (χ2v) is 22.5. The third-order valence-electron chi connectivity index (χ3n) is 16.9. The highest BCUT2D eigenvalue weighted by Crippen LogP contribution is 2.40. The normalized spacial score (nSPS) is 55.4. The van der Waals surface area contributed by atoms with Crippen LogP contribution in [0.5, 0.6) is 0 Å². The summed E-state index contributed by atoms with van der Waals surface area (Å²) in [5.74, 6) is 0. The maximum atomic E-state index is 11.4. The molecule has 40 heteroatoms. The highest BCUT2D eigenvalue weighted by atomic mass is 16.8. The quantitative estimate of drug-likeness (QED) is 0.107. The molecular weight excluding hydrogens is 1220 g/mol. The van der Waals surface area contributed by atoms with Crippen molar-refractivity contribution in [3.8, 4) is 0 Å². The summed E-state index contributed by atoms with van der Waals surface area (Å²) in [6.45, 7) is -8.64. The van der Waals surface area contributed by atoms with Crippen LogP contribution in [0.4, 0.5) is 0 Å². The van der Waals surface area contributed by atoms with Crippen LogP contribution in [0.1, 0.15) is 0 Å². The molecule has 0 aromatic heterocycles. The van der Waals surface area contributed by atoms with Crippen LogP contribution in [-0.2, 0) is 75.8 Å². The molecule has 30 aliphatic heterocycles. The minimum atomic E-state index is -2.25. The van der Waals surface area contributed by atoms with Gasteiger partial charge in [0.2, 0.25) is 0 Å². The van der Waals surface area contributed by atoms with Crippen molar-refractivity contribution in [1.82, 2.24) is 0 Å². The summed E-state index contributed by atoms with van der Waals surface area (Å²) in [5.41, 5.74) is 0. The first-order valence-electron chi connectivity index (χ1n) is 28.1. The van der Waals surface area contributed by atoms with Crippen molar-refractivity contribution in [3.63, 3.8) is 0 Å². The lowest BCUT2D eigenvalue weighted by molar-refractivity contribution is -0.404. The largest absolute Gasteiger partial charge is 0.394 e. The standard InChI is InChI=1S/C48H80O40/c49-1-9-33-17(57)25(65)41(73-9)82-34-10(2-50)75-43(27(67)19(34)59)84-36-12(4-52)77-45(29(69)21(36)61)86-38-14(6-54)79-47(31(71)23(38)63)88-40-16(8-56)80-48(32(72)24(40)64)87-39-15(7-55)78-46(30(70)22(39)62)85-37-13(5-53)76-44(28(68)20(37)60)83-35-11(3-51)74-42(81-33)26(66)18(35)58/h9-72H,1-8H2/t9-,10-,11-,12-,13-,14-,15-,16-,17-,18-,19-,20-,21-,22-,23-,24-,25-,26-,27-,28-,29-,30-,31-,32-,33-,34-,35-,36-,37-,38?,39?,40?,41?,42?,43?,44?,45?,46?,47?,48?/m1/s1. The van der Waals surface area contributed by atoms with E-state index >= 15 is 0 Å². The molecule has 512 valence electrons. The molecule has 40 atom stereocenters. The maximum absolute atomic E-state index is 11.4. The third-order valence-corrected chi connectivity index (χ3v) is 16.9. The van der Waals surface area contributed by atoms with E-state index in [0.29, 0.717) is 0 Å². The van der Waals surface area contributed by atoms with Crippen molar-refractivity contribution >= 4 is 0 Å². The van der Waals surface area contributed by atoms with Crippen LogP contribution in [0.25, 0.3) is 0 Å². The molecule has 0 aromatic carbocycles. The van der Waals surface area contributed by atoms with Gasteiger partial charge in [-0.05, 0) is 0 Å². The fourth-order valence-electron chi connectivity index (χ4n) is 11.9. The summed E-state index contributed by atoms with van der Waals surface area (Å²) in [6, 6.07) is 0. The lowest BCUT2D eigenvalue weighted by Gasteiger charge is -2.50. The molecule has 30 saturated heterocycles. The second kappa shape index (κ2) is 30.0. The average Bonchev–Trinajstić information content (AvgIpc) is 1.43. The van der Waals surface area contributed by atoms with E-state index in [1.165, 1.54) is 0 Å². The van der Waals surface area contributed by atoms with E-state index in [-0.39, 0.29) is 0 Å². The van der Waals surface area contributed by atoms with E-state index in [4.69, 9.17) is 75.8 Å². The monoisotopic (exact) mass is 1300 g/mol. The van der Waals surface area contributed by atoms with E-state index in [2.05, 4.69) is 0 Å². The lowest BCUT2D eigenvalue weighted by Crippen LogP contribution is -2.69. The molecule has 0 aromatic rings. The van der Waals surface area contributed by atoms with Crippen molar-refractivity contribution in [2.24, 2.45) is 0 Å². The molecule has 30 fully saturated rings. The van der Waals surface area contributed by atoms with Crippen LogP contribution in [0.2, 0.25) is 0 Å². The molecule has 0 radical (unpaired) electrons. The summed E-state index contributed by atoms with van der Waals surface area (Å²) < 4.78 is 91.1.